The number of ether oxygens (including phenoxy) is 3. The molecular weight excluding hydrogens is 472 g/mol. The number of anilines is 1. The molecule has 0 unspecified atom stereocenters. The Hall–Kier alpha value is -2.68. The van der Waals surface area contributed by atoms with Gasteiger partial charge in [0, 0.05) is 31.4 Å². The number of rotatable bonds is 7. The lowest BCUT2D eigenvalue weighted by Gasteiger charge is -2.37. The molecule has 2 aromatic heterocycles. The Morgan fingerprint density at radius 1 is 1.34 bits per heavy atom. The average molecular weight is 496 g/mol. The van der Waals surface area contributed by atoms with Crippen LogP contribution in [0.25, 0.3) is 0 Å². The highest BCUT2D eigenvalue weighted by Gasteiger charge is 2.57. The summed E-state index contributed by atoms with van der Waals surface area (Å²) in [6.45, 7) is -4.72. The van der Waals surface area contributed by atoms with E-state index in [2.05, 4.69) is 24.2 Å². The molecule has 2 aromatic rings. The molecule has 32 heavy (non-hydrogen) atoms. The number of alkyl halides is 5. The van der Waals surface area contributed by atoms with Gasteiger partial charge in [-0.15, -0.1) is 0 Å². The minimum atomic E-state index is -5.16. The topological polar surface area (TPSA) is 103 Å². The lowest BCUT2D eigenvalue weighted by atomic mass is 9.83. The summed E-state index contributed by atoms with van der Waals surface area (Å²) in [7, 11) is -11.7. The van der Waals surface area contributed by atoms with E-state index in [4.69, 9.17) is 9.60 Å². The maximum Gasteiger partial charge on any atom is 0.417 e. The molecular formula is C17H17F6N3O5S. The number of sulfonamides is 1. The number of aromatic amines is 1. The summed E-state index contributed by atoms with van der Waals surface area (Å²) in [6, 6.07) is 0.171. The van der Waals surface area contributed by atoms with Crippen molar-refractivity contribution in [1.82, 2.24) is 9.97 Å². The molecule has 0 radical (unpaired) electrons. The van der Waals surface area contributed by atoms with Crippen LogP contribution < -0.4 is 14.2 Å². The second-order valence-corrected chi connectivity index (χ2v) is 8.20. The van der Waals surface area contributed by atoms with Gasteiger partial charge in [0.25, 0.3) is 15.9 Å². The number of pyridine rings is 1. The van der Waals surface area contributed by atoms with Gasteiger partial charge in [0.1, 0.15) is 10.6 Å². The van der Waals surface area contributed by atoms with Crippen molar-refractivity contribution in [1.29, 1.82) is 0 Å². The van der Waals surface area contributed by atoms with E-state index in [9.17, 15) is 34.8 Å². The molecule has 0 aliphatic heterocycles. The monoisotopic (exact) mass is 496 g/mol. The van der Waals surface area contributed by atoms with Crippen LogP contribution in [0.5, 0.6) is 11.8 Å². The summed E-state index contributed by atoms with van der Waals surface area (Å²) >= 11 is 0. The molecule has 1 aliphatic carbocycles. The zero-order valence-corrected chi connectivity index (χ0v) is 16.3. The van der Waals surface area contributed by atoms with Gasteiger partial charge in [0.15, 0.2) is 12.8 Å². The van der Waals surface area contributed by atoms with Gasteiger partial charge in [-0.05, 0) is 18.4 Å². The van der Waals surface area contributed by atoms with E-state index < -0.39 is 89.9 Å². The summed E-state index contributed by atoms with van der Waals surface area (Å²) < 4.78 is 171. The zero-order chi connectivity index (χ0) is 29.8. The molecule has 2 heterocycles. The SMILES string of the molecule is [2H]C([2H])([2H])Oc1nc(OC([2H])(F)F)c(F)cc1NS(=O)(=O)c1c[nH]c2c1CC[C@@](OC([2H])([2H])[2H])(C(F)(F)F)C2. The van der Waals surface area contributed by atoms with Crippen molar-refractivity contribution in [3.05, 3.63) is 29.3 Å². The van der Waals surface area contributed by atoms with Crippen LogP contribution in [0, 0.1) is 5.82 Å². The third-order valence-electron chi connectivity index (χ3n) is 4.71. The zero-order valence-electron chi connectivity index (χ0n) is 22.4. The number of methoxy groups -OCH3 is 2. The van der Waals surface area contributed by atoms with Gasteiger partial charge < -0.3 is 19.2 Å². The summed E-state index contributed by atoms with van der Waals surface area (Å²) in [6.07, 6.45) is -7.15. The molecule has 0 amide bonds. The first-order valence-corrected chi connectivity index (χ1v) is 9.85. The van der Waals surface area contributed by atoms with Gasteiger partial charge >= 0.3 is 12.8 Å². The molecule has 8 nitrogen and oxygen atoms in total. The van der Waals surface area contributed by atoms with Gasteiger partial charge in [-0.1, -0.05) is 0 Å². The second kappa shape index (κ2) is 8.35. The van der Waals surface area contributed by atoms with Gasteiger partial charge in [-0.3, -0.25) is 4.72 Å². The first-order chi connectivity index (χ1) is 17.4. The quantitative estimate of drug-likeness (QED) is 0.570. The molecule has 3 rings (SSSR count). The highest BCUT2D eigenvalue weighted by Crippen LogP contribution is 2.44. The van der Waals surface area contributed by atoms with Crippen molar-refractivity contribution < 1.29 is 58.6 Å². The molecule has 0 spiro atoms. The highest BCUT2D eigenvalue weighted by atomic mass is 32.2. The Morgan fingerprint density at radius 3 is 2.72 bits per heavy atom. The summed E-state index contributed by atoms with van der Waals surface area (Å²) in [5.41, 5.74) is -4.75. The molecule has 1 atom stereocenters. The number of H-pyrrole nitrogens is 1. The molecule has 15 heteroatoms. The van der Waals surface area contributed by atoms with E-state index in [-0.39, 0.29) is 17.3 Å². The van der Waals surface area contributed by atoms with Crippen LogP contribution in [0.1, 0.15) is 27.3 Å². The van der Waals surface area contributed by atoms with E-state index in [1.165, 1.54) is 0 Å². The number of nitrogens with one attached hydrogen (secondary N) is 2. The van der Waals surface area contributed by atoms with Crippen LogP contribution in [0.3, 0.4) is 0 Å². The van der Waals surface area contributed by atoms with E-state index in [1.54, 1.807) is 4.72 Å². The molecule has 0 fully saturated rings. The van der Waals surface area contributed by atoms with Crippen LogP contribution >= 0.6 is 0 Å². The van der Waals surface area contributed by atoms with Crippen molar-refractivity contribution in [2.24, 2.45) is 0 Å². The van der Waals surface area contributed by atoms with Crippen LogP contribution in [0.2, 0.25) is 0 Å². The third-order valence-corrected chi connectivity index (χ3v) is 6.14. The number of fused-ring (bicyclic) bond motifs is 1. The minimum absolute atomic E-state index is 0.171. The van der Waals surface area contributed by atoms with Crippen molar-refractivity contribution >= 4 is 15.7 Å². The predicted octanol–water partition coefficient (Wildman–Crippen LogP) is 3.40. The van der Waals surface area contributed by atoms with E-state index in [0.29, 0.717) is 0 Å². The van der Waals surface area contributed by atoms with E-state index in [1.807, 2.05) is 0 Å². The average Bonchev–Trinajstić information content (AvgIpc) is 3.11. The van der Waals surface area contributed by atoms with E-state index >= 15 is 0 Å². The lowest BCUT2D eigenvalue weighted by Crippen LogP contribution is -2.51. The maximum atomic E-state index is 14.3. The van der Waals surface area contributed by atoms with Gasteiger partial charge in [0.05, 0.1) is 15.3 Å². The highest BCUT2D eigenvalue weighted by molar-refractivity contribution is 7.92. The van der Waals surface area contributed by atoms with Crippen molar-refractivity contribution in [3.63, 3.8) is 0 Å². The molecule has 0 aromatic carbocycles. The van der Waals surface area contributed by atoms with Crippen LogP contribution in [-0.4, -0.2) is 50.8 Å². The molecule has 2 N–H and O–H groups in total. The summed E-state index contributed by atoms with van der Waals surface area (Å²) in [5.74, 6) is -4.62. The fourth-order valence-corrected chi connectivity index (χ4v) is 4.50. The second-order valence-electron chi connectivity index (χ2n) is 6.54. The number of halogens is 6. The first-order valence-electron chi connectivity index (χ1n) is 11.9. The Morgan fingerprint density at radius 2 is 2.09 bits per heavy atom. The fraction of sp³-hybridized carbons (Fsp3) is 0.471. The Labute approximate surface area is 187 Å². The number of hydrogen-bond acceptors (Lipinski definition) is 6. The third kappa shape index (κ3) is 4.30. The minimum Gasteiger partial charge on any atom is -0.479 e. The molecule has 0 saturated heterocycles. The van der Waals surface area contributed by atoms with Crippen LogP contribution in [0.4, 0.5) is 32.0 Å². The Bertz CT molecular complexity index is 1340. The maximum absolute atomic E-state index is 14.3. The van der Waals surface area contributed by atoms with Gasteiger partial charge in [-0.2, -0.15) is 26.9 Å². The summed E-state index contributed by atoms with van der Waals surface area (Å²) in [5, 5.41) is 0. The van der Waals surface area contributed by atoms with Crippen LogP contribution in [-0.2, 0) is 27.6 Å². The van der Waals surface area contributed by atoms with Crippen molar-refractivity contribution in [2.45, 2.75) is 42.5 Å². The standard InChI is InChI=1S/C17H17F6N3O5S/c1-29-14-10(5-9(18)13(25-14)31-15(19)20)26-32(27,28)12-7-24-11-6-16(30-2,17(21,22)23)4-3-8(11)12/h5,7,15,24,26H,3-4,6H2,1-2H3/t16-/m0/s1/i1D3,2D3,15D. The number of aromatic nitrogens is 2. The lowest BCUT2D eigenvalue weighted by molar-refractivity contribution is -0.273. The smallest absolute Gasteiger partial charge is 0.417 e. The molecule has 0 saturated carbocycles. The molecule has 0 bridgehead atoms. The Kier molecular flexibility index (Phi) is 4.18. The normalized spacial score (nSPS) is 23.4. The summed E-state index contributed by atoms with van der Waals surface area (Å²) in [4.78, 5) is 4.70. The first kappa shape index (κ1) is 16.0. The van der Waals surface area contributed by atoms with E-state index in [0.717, 1.165) is 6.20 Å². The van der Waals surface area contributed by atoms with Crippen molar-refractivity contribution in [2.75, 3.05) is 18.8 Å². The van der Waals surface area contributed by atoms with Crippen molar-refractivity contribution in [3.8, 4) is 11.8 Å². The Balaban J connectivity index is 2.00. The molecule has 178 valence electrons. The number of nitrogens with zero attached hydrogens (tertiary/aromatic N) is 1. The van der Waals surface area contributed by atoms with Crippen LogP contribution in [0.15, 0.2) is 17.2 Å². The predicted molar refractivity (Wildman–Crippen MR) is 96.8 cm³/mol. The largest absolute Gasteiger partial charge is 0.479 e. The number of hydrogen-bond donors (Lipinski definition) is 2. The van der Waals surface area contributed by atoms with Gasteiger partial charge in [0.2, 0.25) is 5.88 Å². The molecule has 1 aliphatic rings. The van der Waals surface area contributed by atoms with Gasteiger partial charge in [-0.25, -0.2) is 12.8 Å². The fourth-order valence-electron chi connectivity index (χ4n) is 3.19.